The number of amides is 2. The molecule has 1 unspecified atom stereocenters. The molecule has 7 heteroatoms. The first-order valence-electron chi connectivity index (χ1n) is 8.58. The smallest absolute Gasteiger partial charge is 0.410 e. The summed E-state index contributed by atoms with van der Waals surface area (Å²) >= 11 is 0. The molecule has 0 radical (unpaired) electrons. The molecule has 2 aliphatic heterocycles. The van der Waals surface area contributed by atoms with Crippen molar-refractivity contribution in [1.29, 1.82) is 0 Å². The zero-order valence-corrected chi connectivity index (χ0v) is 15.0. The van der Waals surface area contributed by atoms with Crippen LogP contribution in [0.3, 0.4) is 0 Å². The highest BCUT2D eigenvalue weighted by atomic mass is 16.6. The van der Waals surface area contributed by atoms with E-state index in [0.29, 0.717) is 45.5 Å². The summed E-state index contributed by atoms with van der Waals surface area (Å²) in [5, 5.41) is 2.76. The van der Waals surface area contributed by atoms with E-state index in [0.717, 1.165) is 0 Å². The zero-order valence-electron chi connectivity index (χ0n) is 15.0. The monoisotopic (exact) mass is 340 g/mol. The lowest BCUT2D eigenvalue weighted by Gasteiger charge is -2.47. The number of ether oxygens (including phenoxy) is 2. The Hall–Kier alpha value is -1.79. The molecular weight excluding hydrogens is 312 g/mol. The lowest BCUT2D eigenvalue weighted by atomic mass is 9.64. The summed E-state index contributed by atoms with van der Waals surface area (Å²) in [6, 6.07) is 0. The summed E-state index contributed by atoms with van der Waals surface area (Å²) < 4.78 is 10.6. The molecule has 1 N–H and O–H groups in total. The van der Waals surface area contributed by atoms with E-state index in [2.05, 4.69) is 5.32 Å². The molecule has 2 rings (SSSR count). The van der Waals surface area contributed by atoms with Gasteiger partial charge >= 0.3 is 12.1 Å². The maximum atomic E-state index is 12.3. The molecule has 1 spiro atoms. The van der Waals surface area contributed by atoms with Crippen LogP contribution in [0.15, 0.2) is 0 Å². The van der Waals surface area contributed by atoms with E-state index in [4.69, 9.17) is 9.47 Å². The van der Waals surface area contributed by atoms with E-state index in [1.807, 2.05) is 20.8 Å². The molecule has 2 aliphatic rings. The third-order valence-corrected chi connectivity index (χ3v) is 4.74. The molecule has 0 bridgehead atoms. The molecule has 136 valence electrons. The standard InChI is InChI=1S/C17H28N2O5/c1-5-23-14(21)12-11-18-13(20)10-17(12)6-8-19(9-7-17)15(22)24-16(2,3)4/h12H,5-11H2,1-4H3,(H,18,20). The van der Waals surface area contributed by atoms with Crippen LogP contribution in [-0.2, 0) is 19.1 Å². The zero-order chi connectivity index (χ0) is 18.0. The van der Waals surface area contributed by atoms with Crippen LogP contribution in [0, 0.1) is 11.3 Å². The predicted molar refractivity (Wildman–Crippen MR) is 87.2 cm³/mol. The first-order valence-corrected chi connectivity index (χ1v) is 8.58. The lowest BCUT2D eigenvalue weighted by molar-refractivity contribution is -0.158. The Balaban J connectivity index is 2.06. The quantitative estimate of drug-likeness (QED) is 0.774. The molecule has 0 saturated carbocycles. The van der Waals surface area contributed by atoms with Crippen LogP contribution in [0.25, 0.3) is 0 Å². The highest BCUT2D eigenvalue weighted by Crippen LogP contribution is 2.44. The topological polar surface area (TPSA) is 84.9 Å². The van der Waals surface area contributed by atoms with Crippen molar-refractivity contribution in [3.63, 3.8) is 0 Å². The number of hydrogen-bond acceptors (Lipinski definition) is 5. The highest BCUT2D eigenvalue weighted by molar-refractivity contribution is 5.83. The molecule has 0 aromatic carbocycles. The second-order valence-electron chi connectivity index (χ2n) is 7.62. The maximum absolute atomic E-state index is 12.3. The van der Waals surface area contributed by atoms with E-state index in [-0.39, 0.29) is 23.9 Å². The van der Waals surface area contributed by atoms with Crippen molar-refractivity contribution in [1.82, 2.24) is 10.2 Å². The number of esters is 1. The fourth-order valence-electron chi connectivity index (χ4n) is 3.50. The van der Waals surface area contributed by atoms with Gasteiger partial charge in [0.05, 0.1) is 12.5 Å². The summed E-state index contributed by atoms with van der Waals surface area (Å²) in [7, 11) is 0. The molecule has 0 aromatic rings. The number of piperidine rings is 2. The third kappa shape index (κ3) is 4.19. The molecule has 0 aliphatic carbocycles. The Morgan fingerprint density at radius 1 is 1.29 bits per heavy atom. The first kappa shape index (κ1) is 18.5. The molecule has 7 nitrogen and oxygen atoms in total. The fraction of sp³-hybridized carbons (Fsp3) is 0.824. The van der Waals surface area contributed by atoms with Gasteiger partial charge < -0.3 is 19.7 Å². The van der Waals surface area contributed by atoms with Crippen LogP contribution in [0.5, 0.6) is 0 Å². The molecule has 2 saturated heterocycles. The average molecular weight is 340 g/mol. The van der Waals surface area contributed by atoms with Gasteiger partial charge in [0.15, 0.2) is 0 Å². The van der Waals surface area contributed by atoms with E-state index in [9.17, 15) is 14.4 Å². The normalized spacial score (nSPS) is 23.6. The molecule has 1 atom stereocenters. The van der Waals surface area contributed by atoms with Gasteiger partial charge in [-0.05, 0) is 46.0 Å². The van der Waals surface area contributed by atoms with Gasteiger partial charge in [-0.25, -0.2) is 4.79 Å². The Morgan fingerprint density at radius 3 is 2.46 bits per heavy atom. The minimum atomic E-state index is -0.537. The Morgan fingerprint density at radius 2 is 1.92 bits per heavy atom. The van der Waals surface area contributed by atoms with Gasteiger partial charge in [-0.1, -0.05) is 0 Å². The van der Waals surface area contributed by atoms with Crippen LogP contribution in [0.4, 0.5) is 4.79 Å². The summed E-state index contributed by atoms with van der Waals surface area (Å²) in [4.78, 5) is 38.1. The molecule has 2 fully saturated rings. The minimum Gasteiger partial charge on any atom is -0.466 e. The average Bonchev–Trinajstić information content (AvgIpc) is 2.46. The van der Waals surface area contributed by atoms with E-state index < -0.39 is 11.0 Å². The van der Waals surface area contributed by atoms with Crippen LogP contribution >= 0.6 is 0 Å². The van der Waals surface area contributed by atoms with Crippen molar-refractivity contribution in [2.24, 2.45) is 11.3 Å². The summed E-state index contributed by atoms with van der Waals surface area (Å²) in [5.41, 5.74) is -0.961. The number of hydrogen-bond donors (Lipinski definition) is 1. The Bertz CT molecular complexity index is 504. The van der Waals surface area contributed by atoms with Crippen molar-refractivity contribution in [2.75, 3.05) is 26.2 Å². The lowest BCUT2D eigenvalue weighted by Crippen LogP contribution is -2.56. The number of nitrogens with one attached hydrogen (secondary N) is 1. The summed E-state index contributed by atoms with van der Waals surface area (Å²) in [5.74, 6) is -0.652. The van der Waals surface area contributed by atoms with E-state index in [1.54, 1.807) is 11.8 Å². The third-order valence-electron chi connectivity index (χ3n) is 4.74. The maximum Gasteiger partial charge on any atom is 0.410 e. The van der Waals surface area contributed by atoms with E-state index >= 15 is 0 Å². The van der Waals surface area contributed by atoms with Gasteiger partial charge in [-0.2, -0.15) is 0 Å². The number of nitrogens with zero attached hydrogens (tertiary/aromatic N) is 1. The Kier molecular flexibility index (Phi) is 5.40. The molecular formula is C17H28N2O5. The van der Waals surface area contributed by atoms with Gasteiger partial charge in [0.25, 0.3) is 0 Å². The van der Waals surface area contributed by atoms with Crippen molar-refractivity contribution in [3.8, 4) is 0 Å². The van der Waals surface area contributed by atoms with Crippen LogP contribution in [0.2, 0.25) is 0 Å². The molecule has 0 aromatic heterocycles. The summed E-state index contributed by atoms with van der Waals surface area (Å²) in [6.45, 7) is 8.87. The first-order chi connectivity index (χ1) is 11.2. The minimum absolute atomic E-state index is 0.0405. The SMILES string of the molecule is CCOC(=O)C1CNC(=O)CC12CCN(C(=O)OC(C)(C)C)CC2. The Labute approximate surface area is 143 Å². The van der Waals surface area contributed by atoms with Gasteiger partial charge in [-0.15, -0.1) is 0 Å². The molecule has 2 heterocycles. The second kappa shape index (κ2) is 6.99. The van der Waals surface area contributed by atoms with Gasteiger partial charge in [0, 0.05) is 26.1 Å². The number of carbonyl (C=O) groups is 3. The van der Waals surface area contributed by atoms with Crippen molar-refractivity contribution < 1.29 is 23.9 Å². The van der Waals surface area contributed by atoms with Gasteiger partial charge in [0.1, 0.15) is 5.60 Å². The van der Waals surface area contributed by atoms with Crippen LogP contribution < -0.4 is 5.32 Å². The van der Waals surface area contributed by atoms with E-state index in [1.165, 1.54) is 0 Å². The van der Waals surface area contributed by atoms with Gasteiger partial charge in [-0.3, -0.25) is 9.59 Å². The fourth-order valence-corrected chi connectivity index (χ4v) is 3.50. The van der Waals surface area contributed by atoms with Crippen molar-refractivity contribution in [2.45, 2.75) is 52.6 Å². The predicted octanol–water partition coefficient (Wildman–Crippen LogP) is 1.70. The van der Waals surface area contributed by atoms with Crippen LogP contribution in [0.1, 0.15) is 47.0 Å². The largest absolute Gasteiger partial charge is 0.466 e. The number of rotatable bonds is 2. The van der Waals surface area contributed by atoms with Crippen molar-refractivity contribution >= 4 is 18.0 Å². The van der Waals surface area contributed by atoms with Crippen LogP contribution in [-0.4, -0.2) is 54.7 Å². The number of carbonyl (C=O) groups excluding carboxylic acids is 3. The highest BCUT2D eigenvalue weighted by Gasteiger charge is 2.50. The summed E-state index contributed by atoms with van der Waals surface area (Å²) in [6.07, 6.45) is 1.16. The molecule has 2 amide bonds. The van der Waals surface area contributed by atoms with Crippen molar-refractivity contribution in [3.05, 3.63) is 0 Å². The van der Waals surface area contributed by atoms with Gasteiger partial charge in [0.2, 0.25) is 5.91 Å². The number of likely N-dealkylation sites (tertiary alicyclic amines) is 1. The second-order valence-corrected chi connectivity index (χ2v) is 7.62. The molecule has 24 heavy (non-hydrogen) atoms.